The minimum Gasteiger partial charge on any atom is -0.349 e. The molecule has 3 aromatic rings. The van der Waals surface area contributed by atoms with Crippen LogP contribution in [-0.2, 0) is 13.2 Å². The number of fused-ring (bicyclic) bond motifs is 1. The van der Waals surface area contributed by atoms with Crippen LogP contribution in [0.25, 0.3) is 11.0 Å². The third-order valence-electron chi connectivity index (χ3n) is 7.85. The molecule has 0 amide bonds. The van der Waals surface area contributed by atoms with Gasteiger partial charge in [0.15, 0.2) is 5.82 Å². The average molecular weight is 567 g/mol. The molecule has 1 aliphatic rings. The number of pyridine rings is 1. The van der Waals surface area contributed by atoms with E-state index in [1.54, 1.807) is 19.2 Å². The van der Waals surface area contributed by atoms with E-state index in [9.17, 15) is 28.5 Å². The predicted molar refractivity (Wildman–Crippen MR) is 149 cm³/mol. The maximum Gasteiger partial charge on any atom is 0.416 e. The average Bonchev–Trinajstić information content (AvgIpc) is 2.96. The molecule has 41 heavy (non-hydrogen) atoms. The number of halogens is 3. The molecule has 4 rings (SSSR count). The lowest BCUT2D eigenvalue weighted by Crippen LogP contribution is -2.60. The highest BCUT2D eigenvalue weighted by atomic mass is 19.4. The van der Waals surface area contributed by atoms with E-state index in [1.165, 1.54) is 16.7 Å². The number of benzene rings is 1. The fourth-order valence-corrected chi connectivity index (χ4v) is 5.57. The Hall–Kier alpha value is -4.00. The van der Waals surface area contributed by atoms with Gasteiger partial charge < -0.3 is 4.90 Å². The van der Waals surface area contributed by atoms with Crippen LogP contribution in [0.5, 0.6) is 0 Å². The first kappa shape index (κ1) is 30.0. The molecule has 0 aliphatic carbocycles. The number of likely N-dealkylation sites (N-methyl/N-ethyl adjacent to an activating group) is 1. The molecule has 1 unspecified atom stereocenters. The van der Waals surface area contributed by atoms with Crippen LogP contribution in [0.1, 0.15) is 49.6 Å². The molecule has 9 nitrogen and oxygen atoms in total. The summed E-state index contributed by atoms with van der Waals surface area (Å²) in [5.41, 5.74) is 0.875. The summed E-state index contributed by atoms with van der Waals surface area (Å²) < 4.78 is 41.3. The predicted octanol–water partition coefficient (Wildman–Crippen LogP) is 4.09. The quantitative estimate of drug-likeness (QED) is 0.376. The number of hydrogen-bond donors (Lipinski definition) is 0. The van der Waals surface area contributed by atoms with Gasteiger partial charge in [-0.1, -0.05) is 26.0 Å². The Morgan fingerprint density at radius 2 is 1.73 bits per heavy atom. The number of aromatic nitrogens is 3. The van der Waals surface area contributed by atoms with Crippen molar-refractivity contribution in [2.45, 2.75) is 51.0 Å². The molecule has 2 aromatic heterocycles. The van der Waals surface area contributed by atoms with E-state index in [-0.39, 0.29) is 30.4 Å². The normalized spacial score (nSPS) is 18.8. The lowest BCUT2D eigenvalue weighted by molar-refractivity contribution is -0.137. The van der Waals surface area contributed by atoms with E-state index in [2.05, 4.69) is 31.9 Å². The van der Waals surface area contributed by atoms with E-state index < -0.39 is 17.4 Å². The maximum atomic E-state index is 13.3. The highest BCUT2D eigenvalue weighted by Crippen LogP contribution is 2.35. The summed E-state index contributed by atoms with van der Waals surface area (Å²) in [6.07, 6.45) is -3.00. The van der Waals surface area contributed by atoms with Crippen LogP contribution in [0.3, 0.4) is 0 Å². The molecule has 3 atom stereocenters. The minimum atomic E-state index is -4.43. The smallest absolute Gasteiger partial charge is 0.349 e. The van der Waals surface area contributed by atoms with Crippen LogP contribution >= 0.6 is 0 Å². The van der Waals surface area contributed by atoms with Crippen molar-refractivity contribution < 1.29 is 13.2 Å². The van der Waals surface area contributed by atoms with Crippen molar-refractivity contribution in [1.82, 2.24) is 24.3 Å². The highest BCUT2D eigenvalue weighted by Gasteiger charge is 2.39. The molecule has 1 fully saturated rings. The van der Waals surface area contributed by atoms with Crippen molar-refractivity contribution in [3.05, 3.63) is 63.7 Å². The number of anilines is 1. The van der Waals surface area contributed by atoms with Crippen LogP contribution in [0.15, 0.2) is 41.2 Å². The third-order valence-corrected chi connectivity index (χ3v) is 7.85. The van der Waals surface area contributed by atoms with Gasteiger partial charge in [-0.15, -0.1) is 0 Å². The molecule has 3 heterocycles. The third kappa shape index (κ3) is 6.19. The van der Waals surface area contributed by atoms with Gasteiger partial charge >= 0.3 is 11.9 Å². The summed E-state index contributed by atoms with van der Waals surface area (Å²) in [5.74, 6) is 0.429. The van der Waals surface area contributed by atoms with Gasteiger partial charge in [-0.3, -0.25) is 14.4 Å². The first-order chi connectivity index (χ1) is 19.5. The second kappa shape index (κ2) is 12.2. The fraction of sp³-hybridized carbons (Fsp3) is 0.483. The SMILES string of the molecule is CC[C@H]1CN(C(CN(C)CC#N)c2ccc(C(F)(F)F)cc2)[C@H](CC)CN1c1nc(=O)n(C)c2ccc(C#N)nc12. The van der Waals surface area contributed by atoms with Crippen molar-refractivity contribution >= 4 is 16.9 Å². The summed E-state index contributed by atoms with van der Waals surface area (Å²) in [6, 6.07) is 12.3. The van der Waals surface area contributed by atoms with Crippen LogP contribution in [-0.4, -0.2) is 69.6 Å². The first-order valence-corrected chi connectivity index (χ1v) is 13.5. The van der Waals surface area contributed by atoms with Gasteiger partial charge in [-0.25, -0.2) is 9.78 Å². The molecule has 0 spiro atoms. The Morgan fingerprint density at radius 3 is 2.32 bits per heavy atom. The number of nitriles is 2. The van der Waals surface area contributed by atoms with E-state index in [0.29, 0.717) is 42.9 Å². The highest BCUT2D eigenvalue weighted by molar-refractivity contribution is 5.86. The monoisotopic (exact) mass is 566 g/mol. The first-order valence-electron chi connectivity index (χ1n) is 13.5. The van der Waals surface area contributed by atoms with Crippen molar-refractivity contribution in [3.63, 3.8) is 0 Å². The zero-order valence-electron chi connectivity index (χ0n) is 23.6. The Bertz CT molecular complexity index is 1520. The largest absolute Gasteiger partial charge is 0.416 e. The number of hydrogen-bond acceptors (Lipinski definition) is 8. The number of nitrogens with zero attached hydrogens (tertiary/aromatic N) is 8. The number of alkyl halides is 3. The second-order valence-electron chi connectivity index (χ2n) is 10.4. The van der Waals surface area contributed by atoms with Crippen LogP contribution in [0.2, 0.25) is 0 Å². The van der Waals surface area contributed by atoms with E-state index in [4.69, 9.17) is 0 Å². The van der Waals surface area contributed by atoms with Crippen molar-refractivity contribution in [3.8, 4) is 12.1 Å². The Morgan fingerprint density at radius 1 is 1.05 bits per heavy atom. The van der Waals surface area contributed by atoms with E-state index in [1.807, 2.05) is 25.8 Å². The van der Waals surface area contributed by atoms with Gasteiger partial charge in [-0.05, 0) is 49.7 Å². The van der Waals surface area contributed by atoms with Crippen molar-refractivity contribution in [1.29, 1.82) is 10.5 Å². The maximum absolute atomic E-state index is 13.3. The summed E-state index contributed by atoms with van der Waals surface area (Å²) in [6.45, 7) is 5.77. The molecule has 1 saturated heterocycles. The van der Waals surface area contributed by atoms with Gasteiger partial charge in [0.2, 0.25) is 0 Å². The van der Waals surface area contributed by atoms with Crippen molar-refractivity contribution in [2.24, 2.45) is 7.05 Å². The summed E-state index contributed by atoms with van der Waals surface area (Å²) in [4.78, 5) is 28.0. The summed E-state index contributed by atoms with van der Waals surface area (Å²) in [5, 5.41) is 18.7. The lowest BCUT2D eigenvalue weighted by Gasteiger charge is -2.50. The van der Waals surface area contributed by atoms with Gasteiger partial charge in [0.1, 0.15) is 17.3 Å². The van der Waals surface area contributed by atoms with Crippen molar-refractivity contribution in [2.75, 3.05) is 38.1 Å². The topological polar surface area (TPSA) is 105 Å². The van der Waals surface area contributed by atoms with Crippen LogP contribution in [0.4, 0.5) is 19.0 Å². The zero-order chi connectivity index (χ0) is 29.9. The molecule has 1 aromatic carbocycles. The van der Waals surface area contributed by atoms with Crippen LogP contribution < -0.4 is 10.6 Å². The Labute approximate surface area is 237 Å². The fourth-order valence-electron chi connectivity index (χ4n) is 5.57. The summed E-state index contributed by atoms with van der Waals surface area (Å²) in [7, 11) is 3.44. The zero-order valence-corrected chi connectivity index (χ0v) is 23.6. The van der Waals surface area contributed by atoms with Gasteiger partial charge in [0.25, 0.3) is 0 Å². The molecule has 12 heteroatoms. The number of aryl methyl sites for hydroxylation is 1. The molecular formula is C29H33F3N8O. The van der Waals surface area contributed by atoms with Gasteiger partial charge in [-0.2, -0.15) is 28.7 Å². The van der Waals surface area contributed by atoms with Gasteiger partial charge in [0, 0.05) is 44.8 Å². The number of rotatable bonds is 8. The molecule has 216 valence electrons. The second-order valence-corrected chi connectivity index (χ2v) is 10.4. The molecule has 0 radical (unpaired) electrons. The molecule has 0 bridgehead atoms. The van der Waals surface area contributed by atoms with E-state index >= 15 is 0 Å². The molecule has 0 N–H and O–H groups in total. The Kier molecular flexibility index (Phi) is 8.95. The summed E-state index contributed by atoms with van der Waals surface area (Å²) >= 11 is 0. The standard InChI is InChI=1S/C29H33F3N8O/c1-5-22-17-40(27-26-24(38(4)28(41)36-27)12-11-21(15-34)35-26)23(6-2)16-39(22)25(18-37(3)14-13-33)19-7-9-20(10-8-19)29(30,31)32/h7-12,22-23,25H,5-6,14,16-18H2,1-4H3/t22-,23+,25?/m1/s1. The Balaban J connectivity index is 1.77. The van der Waals surface area contributed by atoms with E-state index in [0.717, 1.165) is 24.1 Å². The molecule has 0 saturated carbocycles. The van der Waals surface area contributed by atoms with Crippen LogP contribution in [0, 0.1) is 22.7 Å². The molecule has 1 aliphatic heterocycles. The van der Waals surface area contributed by atoms with Gasteiger partial charge in [0.05, 0.1) is 23.7 Å². The lowest BCUT2D eigenvalue weighted by atomic mass is 9.95. The molecular weight excluding hydrogens is 533 g/mol. The minimum absolute atomic E-state index is 0.0411. The number of piperazine rings is 1.